The molecular formula is C12H11N3O2S. The smallest absolute Gasteiger partial charge is 0.280 e. The van der Waals surface area contributed by atoms with E-state index in [2.05, 4.69) is 28.1 Å². The van der Waals surface area contributed by atoms with E-state index < -0.39 is 5.24 Å². The van der Waals surface area contributed by atoms with E-state index in [1.165, 1.54) is 6.07 Å². The Kier molecular flexibility index (Phi) is 3.47. The molecule has 0 atom stereocenters. The SMILES string of the molecule is Cc1ccc(-c2ccc(=O)[nH]n2)c(NC(=O)S)c1. The summed E-state index contributed by atoms with van der Waals surface area (Å²) in [5.41, 5.74) is 2.63. The zero-order chi connectivity index (χ0) is 13.1. The van der Waals surface area contributed by atoms with E-state index in [4.69, 9.17) is 0 Å². The fourth-order valence-corrected chi connectivity index (χ4v) is 1.72. The van der Waals surface area contributed by atoms with Crippen LogP contribution in [0.5, 0.6) is 0 Å². The average Bonchev–Trinajstić information content (AvgIpc) is 2.30. The third-order valence-corrected chi connectivity index (χ3v) is 2.48. The quantitative estimate of drug-likeness (QED) is 0.725. The molecule has 5 nitrogen and oxygen atoms in total. The summed E-state index contributed by atoms with van der Waals surface area (Å²) >= 11 is 3.69. The summed E-state index contributed by atoms with van der Waals surface area (Å²) in [7, 11) is 0. The summed E-state index contributed by atoms with van der Waals surface area (Å²) in [5.74, 6) is 0. The van der Waals surface area contributed by atoms with Crippen molar-refractivity contribution in [1.29, 1.82) is 0 Å². The van der Waals surface area contributed by atoms with Crippen LogP contribution in [0, 0.1) is 6.92 Å². The molecular weight excluding hydrogens is 250 g/mol. The highest BCUT2D eigenvalue weighted by Gasteiger charge is 2.08. The second-order valence-corrected chi connectivity index (χ2v) is 4.19. The van der Waals surface area contributed by atoms with Crippen molar-refractivity contribution >= 4 is 23.6 Å². The lowest BCUT2D eigenvalue weighted by molar-refractivity contribution is 0.270. The summed E-state index contributed by atoms with van der Waals surface area (Å²) in [6.07, 6.45) is 0. The molecule has 0 aliphatic heterocycles. The molecule has 1 heterocycles. The maximum absolute atomic E-state index is 11.0. The van der Waals surface area contributed by atoms with Crippen molar-refractivity contribution in [2.24, 2.45) is 0 Å². The molecule has 0 saturated carbocycles. The Hall–Kier alpha value is -2.08. The number of aromatic nitrogens is 2. The molecule has 1 amide bonds. The van der Waals surface area contributed by atoms with Crippen LogP contribution in [0.15, 0.2) is 35.1 Å². The highest BCUT2D eigenvalue weighted by Crippen LogP contribution is 2.27. The van der Waals surface area contributed by atoms with Crippen molar-refractivity contribution in [3.8, 4) is 11.3 Å². The van der Waals surface area contributed by atoms with Crippen molar-refractivity contribution in [2.45, 2.75) is 6.92 Å². The van der Waals surface area contributed by atoms with Gasteiger partial charge in [-0.05, 0) is 24.6 Å². The number of aryl methyl sites for hydroxylation is 1. The minimum Gasteiger partial charge on any atom is -0.316 e. The van der Waals surface area contributed by atoms with E-state index in [1.54, 1.807) is 6.07 Å². The third-order valence-electron chi connectivity index (χ3n) is 2.37. The first-order valence-corrected chi connectivity index (χ1v) is 5.67. The predicted molar refractivity (Wildman–Crippen MR) is 73.0 cm³/mol. The summed E-state index contributed by atoms with van der Waals surface area (Å²) in [5, 5.41) is 8.46. The van der Waals surface area contributed by atoms with Crippen LogP contribution < -0.4 is 10.9 Å². The number of nitrogens with zero attached hydrogens (tertiary/aromatic N) is 1. The van der Waals surface area contributed by atoms with Crippen molar-refractivity contribution < 1.29 is 4.79 Å². The van der Waals surface area contributed by atoms with E-state index in [0.29, 0.717) is 11.4 Å². The van der Waals surface area contributed by atoms with Gasteiger partial charge in [0.25, 0.3) is 10.8 Å². The van der Waals surface area contributed by atoms with Gasteiger partial charge in [-0.15, -0.1) is 0 Å². The van der Waals surface area contributed by atoms with Gasteiger partial charge in [0, 0.05) is 11.6 Å². The van der Waals surface area contributed by atoms with Crippen molar-refractivity contribution in [1.82, 2.24) is 10.2 Å². The molecule has 18 heavy (non-hydrogen) atoms. The van der Waals surface area contributed by atoms with Crippen molar-refractivity contribution in [3.63, 3.8) is 0 Å². The Balaban J connectivity index is 2.52. The first-order chi connectivity index (χ1) is 8.56. The molecule has 0 aliphatic rings. The van der Waals surface area contributed by atoms with Gasteiger partial charge in [-0.25, -0.2) is 5.10 Å². The van der Waals surface area contributed by atoms with E-state index in [0.717, 1.165) is 11.1 Å². The number of benzene rings is 1. The molecule has 2 aromatic rings. The van der Waals surface area contributed by atoms with E-state index in [-0.39, 0.29) is 5.56 Å². The molecule has 0 aliphatic carbocycles. The number of carbonyl (C=O) groups is 1. The number of nitrogens with one attached hydrogen (secondary N) is 2. The minimum absolute atomic E-state index is 0.273. The summed E-state index contributed by atoms with van der Waals surface area (Å²) < 4.78 is 0. The molecule has 0 bridgehead atoms. The predicted octanol–water partition coefficient (Wildman–Crippen LogP) is 2.21. The normalized spacial score (nSPS) is 10.1. The maximum Gasteiger partial charge on any atom is 0.280 e. The molecule has 2 rings (SSSR count). The first-order valence-electron chi connectivity index (χ1n) is 5.23. The van der Waals surface area contributed by atoms with Crippen molar-refractivity contribution in [3.05, 3.63) is 46.2 Å². The zero-order valence-corrected chi connectivity index (χ0v) is 10.5. The van der Waals surface area contributed by atoms with E-state index >= 15 is 0 Å². The number of hydrogen-bond donors (Lipinski definition) is 3. The number of H-pyrrole nitrogens is 1. The molecule has 0 saturated heterocycles. The first kappa shape index (κ1) is 12.4. The fourth-order valence-electron chi connectivity index (χ4n) is 1.59. The second kappa shape index (κ2) is 5.05. The molecule has 92 valence electrons. The lowest BCUT2D eigenvalue weighted by Crippen LogP contribution is -2.07. The van der Waals surface area contributed by atoms with Gasteiger partial charge < -0.3 is 5.32 Å². The van der Waals surface area contributed by atoms with Crippen LogP contribution in [0.2, 0.25) is 0 Å². The van der Waals surface area contributed by atoms with Gasteiger partial charge in [-0.2, -0.15) is 5.10 Å². The van der Waals surface area contributed by atoms with Crippen molar-refractivity contribution in [2.75, 3.05) is 5.32 Å². The number of hydrogen-bond acceptors (Lipinski definition) is 3. The number of aromatic amines is 1. The van der Waals surface area contributed by atoms with Gasteiger partial charge in [-0.1, -0.05) is 24.8 Å². The van der Waals surface area contributed by atoms with Crippen LogP contribution >= 0.6 is 12.6 Å². The molecule has 1 aromatic carbocycles. The molecule has 0 fully saturated rings. The number of rotatable bonds is 2. The minimum atomic E-state index is -0.453. The second-order valence-electron chi connectivity index (χ2n) is 3.79. The highest BCUT2D eigenvalue weighted by molar-refractivity contribution is 7.96. The lowest BCUT2D eigenvalue weighted by atomic mass is 10.1. The van der Waals surface area contributed by atoms with Crippen LogP contribution in [-0.2, 0) is 0 Å². The number of anilines is 1. The van der Waals surface area contributed by atoms with Crippen LogP contribution in [0.25, 0.3) is 11.3 Å². The van der Waals surface area contributed by atoms with Crippen LogP contribution in [0.1, 0.15) is 5.56 Å². The monoisotopic (exact) mass is 261 g/mol. The molecule has 0 radical (unpaired) electrons. The topological polar surface area (TPSA) is 74.8 Å². The molecule has 6 heteroatoms. The third kappa shape index (κ3) is 2.78. The molecule has 1 aromatic heterocycles. The molecule has 0 unspecified atom stereocenters. The fraction of sp³-hybridized carbons (Fsp3) is 0.0833. The lowest BCUT2D eigenvalue weighted by Gasteiger charge is -2.09. The summed E-state index contributed by atoms with van der Waals surface area (Å²) in [6, 6.07) is 8.52. The largest absolute Gasteiger partial charge is 0.316 e. The molecule has 2 N–H and O–H groups in total. The standard InChI is InChI=1S/C12H11N3O2S/c1-7-2-3-8(10(6-7)13-12(17)18)9-4-5-11(16)15-14-9/h2-6H,1H3,(H,15,16)(H2,13,17,18). The van der Waals surface area contributed by atoms with Crippen LogP contribution in [-0.4, -0.2) is 15.4 Å². The highest BCUT2D eigenvalue weighted by atomic mass is 32.1. The Morgan fingerprint density at radius 3 is 2.72 bits per heavy atom. The van der Waals surface area contributed by atoms with Gasteiger partial charge in [0.2, 0.25) is 0 Å². The molecule has 0 spiro atoms. The Bertz CT molecular complexity index is 632. The van der Waals surface area contributed by atoms with Gasteiger partial charge >= 0.3 is 0 Å². The zero-order valence-electron chi connectivity index (χ0n) is 9.60. The van der Waals surface area contributed by atoms with Gasteiger partial charge in [-0.3, -0.25) is 9.59 Å². The van der Waals surface area contributed by atoms with Gasteiger partial charge in [0.1, 0.15) is 0 Å². The van der Waals surface area contributed by atoms with E-state index in [9.17, 15) is 9.59 Å². The van der Waals surface area contributed by atoms with Gasteiger partial charge in [0.05, 0.1) is 11.4 Å². The summed E-state index contributed by atoms with van der Waals surface area (Å²) in [4.78, 5) is 22.0. The number of amides is 1. The average molecular weight is 261 g/mol. The Morgan fingerprint density at radius 2 is 2.11 bits per heavy atom. The van der Waals surface area contributed by atoms with Crippen LogP contribution in [0.4, 0.5) is 10.5 Å². The van der Waals surface area contributed by atoms with Gasteiger partial charge in [0.15, 0.2) is 0 Å². The number of carbonyl (C=O) groups excluding carboxylic acids is 1. The van der Waals surface area contributed by atoms with Crippen LogP contribution in [0.3, 0.4) is 0 Å². The Morgan fingerprint density at radius 1 is 1.33 bits per heavy atom. The Labute approximate surface area is 109 Å². The number of thiol groups is 1. The van der Waals surface area contributed by atoms with E-state index in [1.807, 2.05) is 25.1 Å². The summed E-state index contributed by atoms with van der Waals surface area (Å²) in [6.45, 7) is 1.91. The maximum atomic E-state index is 11.0.